The molecule has 144 valence electrons. The minimum atomic E-state index is -1.32. The number of carboxylic acid groups (broad SMARTS) is 1. The largest absolute Gasteiger partial charge is 0.477 e. The summed E-state index contributed by atoms with van der Waals surface area (Å²) in [4.78, 5) is 25.9. The van der Waals surface area contributed by atoms with Gasteiger partial charge in [0.05, 0.1) is 21.6 Å². The number of anilines is 1. The standard InChI is InChI=1S/C19H21ClFN3O3/c1-9(22)10-4-5-23(7-10)17-14(21)6-12-16(15(17)20)24(11-2-3-11)8-13(18(12)25)19(26)27/h6,8-11H,2-5,7,22H2,1H3,(H,26,27)/t9?,10-/m0/s1. The van der Waals surface area contributed by atoms with Crippen molar-refractivity contribution >= 4 is 34.2 Å². The number of nitrogens with zero attached hydrogens (tertiary/aromatic N) is 2. The van der Waals surface area contributed by atoms with Crippen LogP contribution in [0.5, 0.6) is 0 Å². The lowest BCUT2D eigenvalue weighted by Gasteiger charge is -2.24. The maximum Gasteiger partial charge on any atom is 0.341 e. The molecule has 2 aromatic rings. The van der Waals surface area contributed by atoms with E-state index in [4.69, 9.17) is 17.3 Å². The number of rotatable bonds is 4. The molecule has 1 aromatic carbocycles. The predicted molar refractivity (Wildman–Crippen MR) is 102 cm³/mol. The summed E-state index contributed by atoms with van der Waals surface area (Å²) in [5, 5.41) is 9.51. The summed E-state index contributed by atoms with van der Waals surface area (Å²) in [7, 11) is 0. The van der Waals surface area contributed by atoms with Crippen LogP contribution < -0.4 is 16.1 Å². The lowest BCUT2D eigenvalue weighted by atomic mass is 10.0. The maximum atomic E-state index is 15.0. The number of hydrogen-bond donors (Lipinski definition) is 2. The van der Waals surface area contributed by atoms with E-state index in [0.717, 1.165) is 25.3 Å². The molecule has 1 saturated carbocycles. The zero-order valence-corrected chi connectivity index (χ0v) is 15.7. The number of hydrogen-bond acceptors (Lipinski definition) is 4. The third kappa shape index (κ3) is 2.99. The summed E-state index contributed by atoms with van der Waals surface area (Å²) in [5.41, 5.74) is 5.59. The van der Waals surface area contributed by atoms with Crippen LogP contribution in [0.15, 0.2) is 17.1 Å². The Kier molecular flexibility index (Phi) is 4.39. The van der Waals surface area contributed by atoms with Gasteiger partial charge in [-0.25, -0.2) is 9.18 Å². The number of halogens is 2. The highest BCUT2D eigenvalue weighted by atomic mass is 35.5. The van der Waals surface area contributed by atoms with Crippen LogP contribution in [-0.4, -0.2) is 34.8 Å². The molecule has 1 unspecified atom stereocenters. The average Bonchev–Trinajstić information content (AvgIpc) is 3.32. The van der Waals surface area contributed by atoms with Gasteiger partial charge in [-0.3, -0.25) is 4.79 Å². The fraction of sp³-hybridized carbons (Fsp3) is 0.474. The number of carboxylic acids is 1. The molecule has 4 rings (SSSR count). The molecule has 2 aliphatic rings. The molecular formula is C19H21ClFN3O3. The van der Waals surface area contributed by atoms with Gasteiger partial charge in [-0.15, -0.1) is 0 Å². The molecule has 3 N–H and O–H groups in total. The molecule has 0 bridgehead atoms. The van der Waals surface area contributed by atoms with Crippen LogP contribution in [0.3, 0.4) is 0 Å². The number of benzene rings is 1. The number of carbonyl (C=O) groups is 1. The number of aromatic nitrogens is 1. The van der Waals surface area contributed by atoms with E-state index in [1.807, 2.05) is 11.8 Å². The van der Waals surface area contributed by atoms with Gasteiger partial charge in [0.2, 0.25) is 5.43 Å². The van der Waals surface area contributed by atoms with Crippen molar-refractivity contribution in [2.75, 3.05) is 18.0 Å². The number of nitrogens with two attached hydrogens (primary N) is 1. The Morgan fingerprint density at radius 1 is 1.41 bits per heavy atom. The number of pyridine rings is 1. The predicted octanol–water partition coefficient (Wildman–Crippen LogP) is 3.00. The molecule has 2 heterocycles. The molecule has 8 heteroatoms. The van der Waals surface area contributed by atoms with Crippen molar-refractivity contribution in [2.24, 2.45) is 11.7 Å². The zero-order chi connectivity index (χ0) is 19.5. The average molecular weight is 394 g/mol. The second-order valence-electron chi connectivity index (χ2n) is 7.59. The van der Waals surface area contributed by atoms with Gasteiger partial charge in [0.15, 0.2) is 0 Å². The Bertz CT molecular complexity index is 1000. The second-order valence-corrected chi connectivity index (χ2v) is 7.96. The maximum absolute atomic E-state index is 15.0. The van der Waals surface area contributed by atoms with Crippen molar-refractivity contribution < 1.29 is 14.3 Å². The molecule has 2 atom stereocenters. The van der Waals surface area contributed by atoms with Gasteiger partial charge in [-0.1, -0.05) is 11.6 Å². The normalized spacial score (nSPS) is 21.0. The van der Waals surface area contributed by atoms with Crippen LogP contribution in [0.4, 0.5) is 10.1 Å². The monoisotopic (exact) mass is 393 g/mol. The van der Waals surface area contributed by atoms with Crippen molar-refractivity contribution in [3.05, 3.63) is 38.9 Å². The van der Waals surface area contributed by atoms with Gasteiger partial charge >= 0.3 is 5.97 Å². The first-order chi connectivity index (χ1) is 12.8. The summed E-state index contributed by atoms with van der Waals surface area (Å²) in [6.07, 6.45) is 3.93. The topological polar surface area (TPSA) is 88.6 Å². The molecule has 1 aliphatic heterocycles. The molecule has 0 amide bonds. The van der Waals surface area contributed by atoms with Gasteiger partial charge in [0.25, 0.3) is 0 Å². The quantitative estimate of drug-likeness (QED) is 0.833. The highest BCUT2D eigenvalue weighted by Crippen LogP contribution is 2.43. The fourth-order valence-electron chi connectivity index (χ4n) is 3.93. The fourth-order valence-corrected chi connectivity index (χ4v) is 4.34. The summed E-state index contributed by atoms with van der Waals surface area (Å²) in [6.45, 7) is 3.17. The summed E-state index contributed by atoms with van der Waals surface area (Å²) >= 11 is 6.62. The van der Waals surface area contributed by atoms with E-state index in [9.17, 15) is 19.1 Å². The highest BCUT2D eigenvalue weighted by molar-refractivity contribution is 6.38. The smallest absolute Gasteiger partial charge is 0.341 e. The lowest BCUT2D eigenvalue weighted by Crippen LogP contribution is -2.30. The van der Waals surface area contributed by atoms with Crippen molar-refractivity contribution in [1.29, 1.82) is 0 Å². The summed E-state index contributed by atoms with van der Waals surface area (Å²) in [5.74, 6) is -1.69. The second kappa shape index (κ2) is 6.49. The lowest BCUT2D eigenvalue weighted by molar-refractivity contribution is 0.0695. The van der Waals surface area contributed by atoms with E-state index < -0.39 is 17.2 Å². The summed E-state index contributed by atoms with van der Waals surface area (Å²) < 4.78 is 16.7. The summed E-state index contributed by atoms with van der Waals surface area (Å²) in [6, 6.07) is 1.21. The molecule has 1 aliphatic carbocycles. The molecule has 0 spiro atoms. The van der Waals surface area contributed by atoms with E-state index in [-0.39, 0.29) is 39.7 Å². The first-order valence-corrected chi connectivity index (χ1v) is 9.48. The Balaban J connectivity index is 1.94. The van der Waals surface area contributed by atoms with Gasteiger partial charge in [-0.2, -0.15) is 0 Å². The molecule has 27 heavy (non-hydrogen) atoms. The van der Waals surface area contributed by atoms with Crippen molar-refractivity contribution in [3.63, 3.8) is 0 Å². The highest BCUT2D eigenvalue weighted by Gasteiger charge is 2.32. The minimum absolute atomic E-state index is 0.0000578. The van der Waals surface area contributed by atoms with Crippen LogP contribution in [0, 0.1) is 11.7 Å². The molecule has 1 aromatic heterocycles. The van der Waals surface area contributed by atoms with E-state index in [1.54, 1.807) is 4.57 Å². The SMILES string of the molecule is CC(N)[C@H]1CCN(c2c(F)cc3c(=O)c(C(=O)O)cn(C4CC4)c3c2Cl)C1. The van der Waals surface area contributed by atoms with E-state index in [0.29, 0.717) is 18.6 Å². The van der Waals surface area contributed by atoms with Crippen LogP contribution in [0.25, 0.3) is 10.9 Å². The molecule has 2 fully saturated rings. The molecule has 6 nitrogen and oxygen atoms in total. The van der Waals surface area contributed by atoms with Crippen LogP contribution in [0.1, 0.15) is 42.6 Å². The van der Waals surface area contributed by atoms with Gasteiger partial charge < -0.3 is 20.3 Å². The van der Waals surface area contributed by atoms with Crippen LogP contribution in [-0.2, 0) is 0 Å². The molecular weight excluding hydrogens is 373 g/mol. The Morgan fingerprint density at radius 2 is 2.11 bits per heavy atom. The Hall–Kier alpha value is -2.12. The van der Waals surface area contributed by atoms with E-state index in [1.165, 1.54) is 6.20 Å². The van der Waals surface area contributed by atoms with E-state index in [2.05, 4.69) is 0 Å². The van der Waals surface area contributed by atoms with Gasteiger partial charge in [-0.05, 0) is 38.2 Å². The molecule has 0 radical (unpaired) electrons. The van der Waals surface area contributed by atoms with Gasteiger partial charge in [0.1, 0.15) is 11.4 Å². The number of fused-ring (bicyclic) bond motifs is 1. The van der Waals surface area contributed by atoms with Crippen LogP contribution >= 0.6 is 11.6 Å². The molecule has 1 saturated heterocycles. The van der Waals surface area contributed by atoms with Crippen molar-refractivity contribution in [3.8, 4) is 0 Å². The van der Waals surface area contributed by atoms with E-state index >= 15 is 0 Å². The Labute approximate surface area is 160 Å². The minimum Gasteiger partial charge on any atom is -0.477 e. The van der Waals surface area contributed by atoms with Crippen LogP contribution in [0.2, 0.25) is 5.02 Å². The number of aromatic carboxylic acids is 1. The Morgan fingerprint density at radius 3 is 2.67 bits per heavy atom. The zero-order valence-electron chi connectivity index (χ0n) is 14.9. The van der Waals surface area contributed by atoms with Gasteiger partial charge in [0, 0.05) is 31.4 Å². The first-order valence-electron chi connectivity index (χ1n) is 9.10. The third-order valence-electron chi connectivity index (χ3n) is 5.64. The van der Waals surface area contributed by atoms with Crippen molar-refractivity contribution in [1.82, 2.24) is 4.57 Å². The first kappa shape index (κ1) is 18.3. The third-order valence-corrected chi connectivity index (χ3v) is 6.00. The van der Waals surface area contributed by atoms with Crippen molar-refractivity contribution in [2.45, 2.75) is 38.3 Å².